The van der Waals surface area contributed by atoms with Gasteiger partial charge >= 0.3 is 0 Å². The van der Waals surface area contributed by atoms with Crippen molar-refractivity contribution in [3.8, 4) is 0 Å². The Morgan fingerprint density at radius 3 is 2.20 bits per heavy atom. The molecule has 0 amide bonds. The van der Waals surface area contributed by atoms with Crippen LogP contribution >= 0.6 is 0 Å². The molecule has 2 fully saturated rings. The topological polar surface area (TPSA) is 15.3 Å². The number of hydrogen-bond acceptors (Lipinski definition) is 2. The van der Waals surface area contributed by atoms with Gasteiger partial charge in [-0.15, -0.1) is 0 Å². The molecule has 1 saturated heterocycles. The van der Waals surface area contributed by atoms with E-state index in [-0.39, 0.29) is 0 Å². The van der Waals surface area contributed by atoms with Gasteiger partial charge in [0.15, 0.2) is 0 Å². The molecule has 1 aliphatic heterocycles. The number of nitrogens with zero attached hydrogens (tertiary/aromatic N) is 1. The Hall–Kier alpha value is -0.0800. The molecule has 0 bridgehead atoms. The molecule has 1 heterocycles. The van der Waals surface area contributed by atoms with E-state index in [1.165, 1.54) is 77.4 Å². The van der Waals surface area contributed by atoms with Gasteiger partial charge < -0.3 is 10.2 Å². The lowest BCUT2D eigenvalue weighted by molar-refractivity contribution is 0.0466. The summed E-state index contributed by atoms with van der Waals surface area (Å²) in [7, 11) is 0. The maximum atomic E-state index is 3.53. The highest BCUT2D eigenvalue weighted by molar-refractivity contribution is 4.89. The molecule has 0 aromatic rings. The van der Waals surface area contributed by atoms with Gasteiger partial charge in [0.05, 0.1) is 0 Å². The van der Waals surface area contributed by atoms with Gasteiger partial charge in [-0.25, -0.2) is 0 Å². The van der Waals surface area contributed by atoms with Crippen molar-refractivity contribution in [1.29, 1.82) is 0 Å². The summed E-state index contributed by atoms with van der Waals surface area (Å²) in [6.07, 6.45) is 13.1. The van der Waals surface area contributed by atoms with Crippen LogP contribution < -0.4 is 5.32 Å². The van der Waals surface area contributed by atoms with E-state index in [0.29, 0.717) is 6.04 Å². The molecule has 2 heteroatoms. The average Bonchev–Trinajstić information content (AvgIpc) is 2.45. The summed E-state index contributed by atoms with van der Waals surface area (Å²) >= 11 is 0. The van der Waals surface area contributed by atoms with E-state index >= 15 is 0 Å². The summed E-state index contributed by atoms with van der Waals surface area (Å²) < 4.78 is 0. The van der Waals surface area contributed by atoms with E-state index in [0.717, 1.165) is 11.5 Å². The Bertz CT molecular complexity index is 259. The monoisotopic (exact) mass is 280 g/mol. The smallest absolute Gasteiger partial charge is 0.00674 e. The molecule has 2 aliphatic rings. The lowest BCUT2D eigenvalue weighted by atomic mass is 9.68. The zero-order valence-electron chi connectivity index (χ0n) is 14.1. The Kier molecular flexibility index (Phi) is 6.35. The molecule has 2 rings (SSSR count). The highest BCUT2D eigenvalue weighted by Gasteiger charge is 2.36. The largest absolute Gasteiger partial charge is 0.315 e. The van der Waals surface area contributed by atoms with Gasteiger partial charge in [-0.3, -0.25) is 0 Å². The number of hydrogen-bond donors (Lipinski definition) is 1. The summed E-state index contributed by atoms with van der Waals surface area (Å²) in [6.45, 7) is 10.8. The van der Waals surface area contributed by atoms with Crippen LogP contribution in [0.2, 0.25) is 0 Å². The van der Waals surface area contributed by atoms with E-state index < -0.39 is 0 Å². The van der Waals surface area contributed by atoms with Crippen LogP contribution in [0, 0.1) is 5.41 Å². The minimum Gasteiger partial charge on any atom is -0.315 e. The van der Waals surface area contributed by atoms with E-state index in [1.807, 2.05) is 0 Å². The second-order valence-corrected chi connectivity index (χ2v) is 7.70. The van der Waals surface area contributed by atoms with Gasteiger partial charge in [0.1, 0.15) is 0 Å². The number of likely N-dealkylation sites (tertiary alicyclic amines) is 1. The van der Waals surface area contributed by atoms with Crippen LogP contribution in [0.5, 0.6) is 0 Å². The third-order valence-electron chi connectivity index (χ3n) is 5.75. The second kappa shape index (κ2) is 7.79. The van der Waals surface area contributed by atoms with Gasteiger partial charge in [0.25, 0.3) is 0 Å². The van der Waals surface area contributed by atoms with Crippen molar-refractivity contribution in [3.05, 3.63) is 0 Å². The SMILES string of the molecule is CC(C)NCCCC(C)N1CCC2(CCCCC2)CC1. The molecular weight excluding hydrogens is 244 g/mol. The molecule has 0 aromatic heterocycles. The first-order valence-electron chi connectivity index (χ1n) is 9.09. The summed E-state index contributed by atoms with van der Waals surface area (Å²) in [5.41, 5.74) is 0.758. The molecule has 1 spiro atoms. The molecule has 20 heavy (non-hydrogen) atoms. The fourth-order valence-electron chi connectivity index (χ4n) is 4.21. The lowest BCUT2D eigenvalue weighted by Gasteiger charge is -2.46. The van der Waals surface area contributed by atoms with Crippen molar-refractivity contribution >= 4 is 0 Å². The van der Waals surface area contributed by atoms with E-state index in [4.69, 9.17) is 0 Å². The quantitative estimate of drug-likeness (QED) is 0.734. The van der Waals surface area contributed by atoms with Crippen molar-refractivity contribution in [2.45, 2.75) is 90.6 Å². The average molecular weight is 280 g/mol. The summed E-state index contributed by atoms with van der Waals surface area (Å²) in [5.74, 6) is 0. The molecule has 1 saturated carbocycles. The molecule has 1 aliphatic carbocycles. The maximum Gasteiger partial charge on any atom is 0.00674 e. The van der Waals surface area contributed by atoms with Crippen molar-refractivity contribution < 1.29 is 0 Å². The first kappa shape index (κ1) is 16.3. The zero-order chi connectivity index (χ0) is 14.4. The van der Waals surface area contributed by atoms with Crippen molar-refractivity contribution in [2.75, 3.05) is 19.6 Å². The van der Waals surface area contributed by atoms with Gasteiger partial charge in [-0.2, -0.15) is 0 Å². The fourth-order valence-corrected chi connectivity index (χ4v) is 4.21. The lowest BCUT2D eigenvalue weighted by Crippen LogP contribution is -2.45. The van der Waals surface area contributed by atoms with Crippen LogP contribution in [0.1, 0.15) is 78.6 Å². The third-order valence-corrected chi connectivity index (χ3v) is 5.75. The van der Waals surface area contributed by atoms with Crippen LogP contribution in [-0.2, 0) is 0 Å². The Morgan fingerprint density at radius 1 is 0.950 bits per heavy atom. The minimum absolute atomic E-state index is 0.631. The van der Waals surface area contributed by atoms with Crippen LogP contribution in [0.3, 0.4) is 0 Å². The normalized spacial score (nSPS) is 25.2. The minimum atomic E-state index is 0.631. The molecule has 1 N–H and O–H groups in total. The van der Waals surface area contributed by atoms with Gasteiger partial charge in [0.2, 0.25) is 0 Å². The van der Waals surface area contributed by atoms with Gasteiger partial charge in [-0.1, -0.05) is 33.1 Å². The highest BCUT2D eigenvalue weighted by atomic mass is 15.2. The molecule has 0 aromatic carbocycles. The Balaban J connectivity index is 1.65. The third kappa shape index (κ3) is 4.73. The fraction of sp³-hybridized carbons (Fsp3) is 1.00. The Morgan fingerprint density at radius 2 is 1.60 bits per heavy atom. The molecular formula is C18H36N2. The van der Waals surface area contributed by atoms with Crippen LogP contribution in [0.4, 0.5) is 0 Å². The van der Waals surface area contributed by atoms with E-state index in [1.54, 1.807) is 0 Å². The summed E-state index contributed by atoms with van der Waals surface area (Å²) in [4.78, 5) is 2.76. The van der Waals surface area contributed by atoms with Crippen molar-refractivity contribution in [2.24, 2.45) is 5.41 Å². The van der Waals surface area contributed by atoms with E-state index in [9.17, 15) is 0 Å². The van der Waals surface area contributed by atoms with Crippen LogP contribution in [-0.4, -0.2) is 36.6 Å². The predicted molar refractivity (Wildman–Crippen MR) is 88.2 cm³/mol. The number of nitrogens with one attached hydrogen (secondary N) is 1. The standard InChI is InChI=1S/C18H36N2/c1-16(2)19-13-7-8-17(3)20-14-11-18(12-15-20)9-5-4-6-10-18/h16-17,19H,4-15H2,1-3H3. The first-order valence-corrected chi connectivity index (χ1v) is 9.09. The highest BCUT2D eigenvalue weighted by Crippen LogP contribution is 2.44. The van der Waals surface area contributed by atoms with Crippen molar-refractivity contribution in [3.63, 3.8) is 0 Å². The van der Waals surface area contributed by atoms with Crippen LogP contribution in [0.25, 0.3) is 0 Å². The van der Waals surface area contributed by atoms with E-state index in [2.05, 4.69) is 31.0 Å². The van der Waals surface area contributed by atoms with Gasteiger partial charge in [-0.05, 0) is 70.5 Å². The van der Waals surface area contributed by atoms with Crippen LogP contribution in [0.15, 0.2) is 0 Å². The summed E-state index contributed by atoms with van der Waals surface area (Å²) in [6, 6.07) is 1.41. The Labute approximate surface area is 126 Å². The zero-order valence-corrected chi connectivity index (χ0v) is 14.1. The number of rotatable bonds is 6. The molecule has 0 radical (unpaired) electrons. The first-order chi connectivity index (χ1) is 9.61. The molecule has 1 atom stereocenters. The van der Waals surface area contributed by atoms with Crippen molar-refractivity contribution in [1.82, 2.24) is 10.2 Å². The molecule has 118 valence electrons. The molecule has 1 unspecified atom stereocenters. The maximum absolute atomic E-state index is 3.53. The summed E-state index contributed by atoms with van der Waals surface area (Å²) in [5, 5.41) is 3.53. The van der Waals surface area contributed by atoms with Gasteiger partial charge in [0, 0.05) is 12.1 Å². The number of piperidine rings is 1. The molecule has 2 nitrogen and oxygen atoms in total. The second-order valence-electron chi connectivity index (χ2n) is 7.70. The predicted octanol–water partition coefficient (Wildman–Crippen LogP) is 4.20.